The highest BCUT2D eigenvalue weighted by atomic mass is 14.8. The minimum absolute atomic E-state index is 0.858. The topological polar surface area (TPSA) is 12.0 Å². The summed E-state index contributed by atoms with van der Waals surface area (Å²) in [6, 6.07) is 0. The van der Waals surface area contributed by atoms with Crippen molar-refractivity contribution in [2.24, 2.45) is 5.92 Å². The van der Waals surface area contributed by atoms with Crippen LogP contribution in [0.3, 0.4) is 0 Å². The first-order valence-corrected chi connectivity index (χ1v) is 5.95. The third kappa shape index (κ3) is 9.88. The molecule has 0 aliphatic carbocycles. The van der Waals surface area contributed by atoms with Crippen molar-refractivity contribution in [3.8, 4) is 0 Å². The molecule has 0 rings (SSSR count). The molecule has 0 aliphatic rings. The first kappa shape index (κ1) is 13.0. The van der Waals surface area contributed by atoms with Gasteiger partial charge in [-0.3, -0.25) is 0 Å². The first-order valence-electron chi connectivity index (χ1n) is 5.95. The van der Waals surface area contributed by atoms with Crippen LogP contribution >= 0.6 is 0 Å². The van der Waals surface area contributed by atoms with E-state index in [1.807, 2.05) is 7.05 Å². The van der Waals surface area contributed by atoms with Crippen molar-refractivity contribution in [2.45, 2.75) is 58.8 Å². The molecule has 80 valence electrons. The van der Waals surface area contributed by atoms with Crippen LogP contribution in [0.4, 0.5) is 0 Å². The molecule has 0 saturated heterocycles. The lowest BCUT2D eigenvalue weighted by molar-refractivity contribution is 0.466. The standard InChI is InChI=1S/C12H27N/c1-4-5-6-7-8-9-10-12(2)11-13-3/h12-13H,4-11H2,1-3H3. The Kier molecular flexibility index (Phi) is 10.0. The minimum atomic E-state index is 0.858. The van der Waals surface area contributed by atoms with Gasteiger partial charge in [0.15, 0.2) is 0 Å². The summed E-state index contributed by atoms with van der Waals surface area (Å²) in [6.45, 7) is 5.78. The van der Waals surface area contributed by atoms with E-state index in [0.29, 0.717) is 0 Å². The van der Waals surface area contributed by atoms with E-state index < -0.39 is 0 Å². The molecular formula is C12H27N. The molecule has 0 aromatic carbocycles. The van der Waals surface area contributed by atoms with Gasteiger partial charge in [0.25, 0.3) is 0 Å². The van der Waals surface area contributed by atoms with E-state index in [1.165, 1.54) is 51.5 Å². The summed E-state index contributed by atoms with van der Waals surface area (Å²) in [5.74, 6) is 0.858. The fraction of sp³-hybridized carbons (Fsp3) is 1.00. The second-order valence-electron chi connectivity index (χ2n) is 4.22. The molecule has 0 bridgehead atoms. The normalized spacial score (nSPS) is 13.2. The minimum Gasteiger partial charge on any atom is -0.319 e. The van der Waals surface area contributed by atoms with E-state index in [0.717, 1.165) is 5.92 Å². The molecule has 0 aliphatic heterocycles. The summed E-state index contributed by atoms with van der Waals surface area (Å²) < 4.78 is 0. The Morgan fingerprint density at radius 1 is 1.00 bits per heavy atom. The molecular weight excluding hydrogens is 158 g/mol. The van der Waals surface area contributed by atoms with E-state index in [1.54, 1.807) is 0 Å². The van der Waals surface area contributed by atoms with Gasteiger partial charge < -0.3 is 5.32 Å². The van der Waals surface area contributed by atoms with Crippen LogP contribution < -0.4 is 5.32 Å². The Bertz CT molecular complexity index is 91.1. The molecule has 0 amide bonds. The molecule has 1 N–H and O–H groups in total. The molecule has 1 unspecified atom stereocenters. The monoisotopic (exact) mass is 185 g/mol. The van der Waals surface area contributed by atoms with Crippen molar-refractivity contribution in [3.05, 3.63) is 0 Å². The van der Waals surface area contributed by atoms with Crippen LogP contribution in [0.2, 0.25) is 0 Å². The first-order chi connectivity index (χ1) is 6.31. The van der Waals surface area contributed by atoms with Gasteiger partial charge in [-0.15, -0.1) is 0 Å². The van der Waals surface area contributed by atoms with Crippen molar-refractivity contribution in [2.75, 3.05) is 13.6 Å². The van der Waals surface area contributed by atoms with Crippen LogP contribution in [0, 0.1) is 5.92 Å². The van der Waals surface area contributed by atoms with E-state index in [-0.39, 0.29) is 0 Å². The third-order valence-corrected chi connectivity index (χ3v) is 2.60. The number of hydrogen-bond donors (Lipinski definition) is 1. The van der Waals surface area contributed by atoms with E-state index in [2.05, 4.69) is 19.2 Å². The zero-order valence-corrected chi connectivity index (χ0v) is 9.73. The number of rotatable bonds is 9. The predicted octanol–water partition coefficient (Wildman–Crippen LogP) is 3.59. The molecule has 0 aromatic heterocycles. The molecule has 13 heavy (non-hydrogen) atoms. The molecule has 1 nitrogen and oxygen atoms in total. The maximum absolute atomic E-state index is 3.23. The second kappa shape index (κ2) is 10.0. The summed E-state index contributed by atoms with van der Waals surface area (Å²) in [7, 11) is 2.04. The van der Waals surface area contributed by atoms with E-state index in [4.69, 9.17) is 0 Å². The van der Waals surface area contributed by atoms with Crippen LogP contribution in [-0.4, -0.2) is 13.6 Å². The average molecular weight is 185 g/mol. The van der Waals surface area contributed by atoms with Crippen LogP contribution in [-0.2, 0) is 0 Å². The fourth-order valence-corrected chi connectivity index (χ4v) is 1.72. The second-order valence-corrected chi connectivity index (χ2v) is 4.22. The fourth-order valence-electron chi connectivity index (χ4n) is 1.72. The molecule has 0 aromatic rings. The SMILES string of the molecule is CCCCCCCCC(C)CNC. The summed E-state index contributed by atoms with van der Waals surface area (Å²) in [5.41, 5.74) is 0. The lowest BCUT2D eigenvalue weighted by atomic mass is 10.0. The molecule has 0 heterocycles. The van der Waals surface area contributed by atoms with Crippen LogP contribution in [0.25, 0.3) is 0 Å². The molecule has 0 saturated carbocycles. The Morgan fingerprint density at radius 3 is 2.23 bits per heavy atom. The van der Waals surface area contributed by atoms with Crippen LogP contribution in [0.15, 0.2) is 0 Å². The third-order valence-electron chi connectivity index (χ3n) is 2.60. The van der Waals surface area contributed by atoms with Crippen molar-refractivity contribution < 1.29 is 0 Å². The quantitative estimate of drug-likeness (QED) is 0.541. The number of nitrogens with one attached hydrogen (secondary N) is 1. The summed E-state index contributed by atoms with van der Waals surface area (Å²) in [5, 5.41) is 3.23. The van der Waals surface area contributed by atoms with Gasteiger partial charge in [-0.1, -0.05) is 52.4 Å². The van der Waals surface area contributed by atoms with Gasteiger partial charge in [-0.2, -0.15) is 0 Å². The van der Waals surface area contributed by atoms with Crippen molar-refractivity contribution in [3.63, 3.8) is 0 Å². The van der Waals surface area contributed by atoms with Gasteiger partial charge in [-0.05, 0) is 25.9 Å². The molecule has 1 heteroatoms. The van der Waals surface area contributed by atoms with Gasteiger partial charge in [-0.25, -0.2) is 0 Å². The van der Waals surface area contributed by atoms with Gasteiger partial charge in [0.05, 0.1) is 0 Å². The highest BCUT2D eigenvalue weighted by Crippen LogP contribution is 2.11. The van der Waals surface area contributed by atoms with Gasteiger partial charge in [0.2, 0.25) is 0 Å². The van der Waals surface area contributed by atoms with Crippen molar-refractivity contribution >= 4 is 0 Å². The lowest BCUT2D eigenvalue weighted by Gasteiger charge is -2.09. The van der Waals surface area contributed by atoms with Gasteiger partial charge >= 0.3 is 0 Å². The number of unbranched alkanes of at least 4 members (excludes halogenated alkanes) is 5. The summed E-state index contributed by atoms with van der Waals surface area (Å²) >= 11 is 0. The average Bonchev–Trinajstić information content (AvgIpc) is 2.11. The molecule has 0 spiro atoms. The molecule has 0 radical (unpaired) electrons. The van der Waals surface area contributed by atoms with E-state index in [9.17, 15) is 0 Å². The highest BCUT2D eigenvalue weighted by molar-refractivity contribution is 4.55. The highest BCUT2D eigenvalue weighted by Gasteiger charge is 1.99. The van der Waals surface area contributed by atoms with Crippen molar-refractivity contribution in [1.29, 1.82) is 0 Å². The molecule has 1 atom stereocenters. The Balaban J connectivity index is 2.97. The smallest absolute Gasteiger partial charge is 0.00262 e. The lowest BCUT2D eigenvalue weighted by Crippen LogP contribution is -2.15. The Labute approximate surface area is 84.3 Å². The zero-order chi connectivity index (χ0) is 9.94. The largest absolute Gasteiger partial charge is 0.319 e. The van der Waals surface area contributed by atoms with Crippen LogP contribution in [0.5, 0.6) is 0 Å². The zero-order valence-electron chi connectivity index (χ0n) is 9.73. The number of hydrogen-bond acceptors (Lipinski definition) is 1. The Hall–Kier alpha value is -0.0400. The van der Waals surface area contributed by atoms with Crippen molar-refractivity contribution in [1.82, 2.24) is 5.32 Å². The van der Waals surface area contributed by atoms with Gasteiger partial charge in [0.1, 0.15) is 0 Å². The van der Waals surface area contributed by atoms with Crippen LogP contribution in [0.1, 0.15) is 58.8 Å². The predicted molar refractivity (Wildman–Crippen MR) is 61.1 cm³/mol. The van der Waals surface area contributed by atoms with Gasteiger partial charge in [0, 0.05) is 0 Å². The Morgan fingerprint density at radius 2 is 1.62 bits per heavy atom. The maximum Gasteiger partial charge on any atom is -0.00262 e. The van der Waals surface area contributed by atoms with E-state index >= 15 is 0 Å². The summed E-state index contributed by atoms with van der Waals surface area (Å²) in [6.07, 6.45) is 9.92. The molecule has 0 fully saturated rings. The maximum atomic E-state index is 3.23. The summed E-state index contributed by atoms with van der Waals surface area (Å²) in [4.78, 5) is 0.